The number of benzene rings is 2. The summed E-state index contributed by atoms with van der Waals surface area (Å²) in [6.07, 6.45) is 1.81. The highest BCUT2D eigenvalue weighted by Gasteiger charge is 2.20. The minimum absolute atomic E-state index is 0.0844. The van der Waals surface area contributed by atoms with Crippen molar-refractivity contribution in [2.75, 3.05) is 0 Å². The molecule has 0 aliphatic rings. The van der Waals surface area contributed by atoms with Crippen LogP contribution in [0.4, 0.5) is 5.69 Å². The van der Waals surface area contributed by atoms with Crippen LogP contribution in [0.5, 0.6) is 0 Å². The van der Waals surface area contributed by atoms with Crippen LogP contribution in [0.25, 0.3) is 0 Å². The highest BCUT2D eigenvalue weighted by Crippen LogP contribution is 2.31. The van der Waals surface area contributed by atoms with Gasteiger partial charge in [0.1, 0.15) is 0 Å². The molecule has 0 heterocycles. The zero-order chi connectivity index (χ0) is 16.8. The van der Waals surface area contributed by atoms with E-state index in [-0.39, 0.29) is 22.3 Å². The Labute approximate surface area is 146 Å². The highest BCUT2D eigenvalue weighted by molar-refractivity contribution is 6.67. The van der Waals surface area contributed by atoms with Crippen molar-refractivity contribution < 1.29 is 9.35 Å². The number of halogens is 2. The summed E-state index contributed by atoms with van der Waals surface area (Å²) in [4.78, 5) is 10.7. The van der Waals surface area contributed by atoms with E-state index in [0.717, 1.165) is 11.2 Å². The molecule has 0 saturated heterocycles. The lowest BCUT2D eigenvalue weighted by atomic mass is 10.2. The molecule has 0 spiro atoms. The van der Waals surface area contributed by atoms with Gasteiger partial charge in [-0.2, -0.15) is 0 Å². The Morgan fingerprint density at radius 3 is 2.48 bits per heavy atom. The molecule has 120 valence electrons. The van der Waals surface area contributed by atoms with E-state index in [1.54, 1.807) is 0 Å². The maximum absolute atomic E-state index is 11.2. The lowest BCUT2D eigenvalue weighted by Crippen LogP contribution is -2.32. The summed E-state index contributed by atoms with van der Waals surface area (Å²) in [5.74, 6) is 0. The highest BCUT2D eigenvalue weighted by atomic mass is 35.5. The van der Waals surface area contributed by atoms with Crippen LogP contribution < -0.4 is 5.19 Å². The topological polar surface area (TPSA) is 52.4 Å². The molecule has 0 aromatic heterocycles. The molecular formula is C16H15Cl2NO3Si. The summed E-state index contributed by atoms with van der Waals surface area (Å²) in [5.41, 5.74) is 0.334. The van der Waals surface area contributed by atoms with Crippen LogP contribution in [-0.2, 0) is 11.0 Å². The summed E-state index contributed by atoms with van der Waals surface area (Å²) in [6, 6.07) is 13.3. The maximum atomic E-state index is 11.2. The second-order valence-corrected chi connectivity index (χ2v) is 8.15. The number of rotatable bonds is 7. The summed E-state index contributed by atoms with van der Waals surface area (Å²) in [6.45, 7) is 3.88. The van der Waals surface area contributed by atoms with Gasteiger partial charge in [-0.15, -0.1) is 6.58 Å². The molecule has 4 nitrogen and oxygen atoms in total. The first-order chi connectivity index (χ1) is 11.0. The fourth-order valence-corrected chi connectivity index (χ4v) is 4.45. The maximum Gasteiger partial charge on any atom is 0.276 e. The van der Waals surface area contributed by atoms with Crippen molar-refractivity contribution in [2.24, 2.45) is 0 Å². The molecule has 1 unspecified atom stereocenters. The van der Waals surface area contributed by atoms with Crippen molar-refractivity contribution in [3.63, 3.8) is 0 Å². The monoisotopic (exact) mass is 367 g/mol. The van der Waals surface area contributed by atoms with Crippen molar-refractivity contribution in [1.82, 2.24) is 0 Å². The van der Waals surface area contributed by atoms with Crippen LogP contribution in [0.15, 0.2) is 55.1 Å². The van der Waals surface area contributed by atoms with Gasteiger partial charge >= 0.3 is 0 Å². The molecule has 1 atom stereocenters. The van der Waals surface area contributed by atoms with E-state index in [1.807, 2.05) is 36.4 Å². The Morgan fingerprint density at radius 2 is 1.87 bits per heavy atom. The zero-order valence-corrected chi connectivity index (χ0v) is 14.9. The van der Waals surface area contributed by atoms with E-state index in [4.69, 9.17) is 27.6 Å². The van der Waals surface area contributed by atoms with Gasteiger partial charge < -0.3 is 4.43 Å². The molecule has 2 aromatic rings. The molecule has 2 aromatic carbocycles. The fourth-order valence-electron chi connectivity index (χ4n) is 2.17. The number of nitro benzene ring substituents is 1. The van der Waals surface area contributed by atoms with E-state index in [1.165, 1.54) is 12.1 Å². The summed E-state index contributed by atoms with van der Waals surface area (Å²) in [5, 5.41) is 12.7. The summed E-state index contributed by atoms with van der Waals surface area (Å²) < 4.78 is 6.00. The lowest BCUT2D eigenvalue weighted by Gasteiger charge is -2.15. The molecular weight excluding hydrogens is 353 g/mol. The predicted molar refractivity (Wildman–Crippen MR) is 96.1 cm³/mol. The van der Waals surface area contributed by atoms with E-state index in [0.29, 0.717) is 5.56 Å². The van der Waals surface area contributed by atoms with Crippen LogP contribution in [0, 0.1) is 10.1 Å². The number of hydrogen-bond acceptors (Lipinski definition) is 3. The largest absolute Gasteiger partial charge is 0.411 e. The van der Waals surface area contributed by atoms with E-state index >= 15 is 0 Å². The second-order valence-electron chi connectivity index (χ2n) is 4.89. The van der Waals surface area contributed by atoms with Gasteiger partial charge in [0, 0.05) is 6.07 Å². The van der Waals surface area contributed by atoms with Gasteiger partial charge in [-0.25, -0.2) is 0 Å². The minimum atomic E-state index is -1.76. The number of hydrogen-bond donors (Lipinski definition) is 0. The van der Waals surface area contributed by atoms with E-state index in [9.17, 15) is 10.1 Å². The second kappa shape index (κ2) is 8.26. The first-order valence-electron chi connectivity index (χ1n) is 6.92. The van der Waals surface area contributed by atoms with Crippen molar-refractivity contribution >= 4 is 43.1 Å². The first-order valence-corrected chi connectivity index (χ1v) is 9.54. The van der Waals surface area contributed by atoms with Crippen LogP contribution in [0.3, 0.4) is 0 Å². The van der Waals surface area contributed by atoms with Crippen LogP contribution in [0.1, 0.15) is 5.56 Å². The third kappa shape index (κ3) is 4.65. The van der Waals surface area contributed by atoms with Crippen molar-refractivity contribution in [3.05, 3.63) is 80.8 Å². The van der Waals surface area contributed by atoms with Gasteiger partial charge in [-0.3, -0.25) is 10.1 Å². The Balaban J connectivity index is 2.22. The van der Waals surface area contributed by atoms with Gasteiger partial charge in [0.05, 0.1) is 27.1 Å². The smallest absolute Gasteiger partial charge is 0.276 e. The van der Waals surface area contributed by atoms with Gasteiger partial charge in [0.15, 0.2) is 0 Å². The van der Waals surface area contributed by atoms with Crippen molar-refractivity contribution in [3.8, 4) is 0 Å². The molecule has 2 rings (SSSR count). The number of nitro groups is 1. The van der Waals surface area contributed by atoms with Gasteiger partial charge in [-0.05, 0) is 17.3 Å². The quantitative estimate of drug-likeness (QED) is 0.318. The molecule has 0 amide bonds. The first kappa shape index (κ1) is 17.7. The minimum Gasteiger partial charge on any atom is -0.411 e. The molecule has 0 aliphatic carbocycles. The lowest BCUT2D eigenvalue weighted by molar-refractivity contribution is -0.385. The van der Waals surface area contributed by atoms with Crippen molar-refractivity contribution in [2.45, 2.75) is 12.7 Å². The molecule has 7 heteroatoms. The Bertz CT molecular complexity index is 710. The average molecular weight is 368 g/mol. The molecule has 0 fully saturated rings. The Morgan fingerprint density at radius 1 is 1.22 bits per heavy atom. The molecule has 0 aliphatic heterocycles. The molecule has 0 radical (unpaired) electrons. The molecule has 0 saturated carbocycles. The number of allylic oxidation sites excluding steroid dienone is 1. The SMILES string of the molecule is C=CC[SiH](OCc1cc(Cl)c(Cl)cc1[N+](=O)[O-])c1ccccc1. The van der Waals surface area contributed by atoms with E-state index < -0.39 is 14.0 Å². The van der Waals surface area contributed by atoms with Crippen LogP contribution in [-0.4, -0.2) is 14.0 Å². The average Bonchev–Trinajstić information content (AvgIpc) is 2.54. The van der Waals surface area contributed by atoms with Gasteiger partial charge in [0.2, 0.25) is 9.04 Å². The van der Waals surface area contributed by atoms with Gasteiger partial charge in [-0.1, -0.05) is 59.6 Å². The number of nitrogens with zero attached hydrogens (tertiary/aromatic N) is 1. The predicted octanol–water partition coefficient (Wildman–Crippen LogP) is 4.24. The third-order valence-corrected chi connectivity index (χ3v) is 6.49. The summed E-state index contributed by atoms with van der Waals surface area (Å²) in [7, 11) is -1.76. The van der Waals surface area contributed by atoms with Crippen LogP contribution >= 0.6 is 23.2 Å². The van der Waals surface area contributed by atoms with E-state index in [2.05, 4.69) is 6.58 Å². The van der Waals surface area contributed by atoms with Crippen molar-refractivity contribution in [1.29, 1.82) is 0 Å². The Kier molecular flexibility index (Phi) is 6.35. The standard InChI is InChI=1S/C16H15Cl2NO3Si/c1-2-8-23(13-6-4-3-5-7-13)22-11-12-9-14(17)15(18)10-16(12)19(20)21/h2-7,9-10,23H,1,8,11H2. The molecule has 0 bridgehead atoms. The van der Waals surface area contributed by atoms with Gasteiger partial charge in [0.25, 0.3) is 5.69 Å². The van der Waals surface area contributed by atoms with Crippen LogP contribution in [0.2, 0.25) is 16.1 Å². The molecule has 0 N–H and O–H groups in total. The summed E-state index contributed by atoms with van der Waals surface area (Å²) >= 11 is 11.8. The zero-order valence-electron chi connectivity index (χ0n) is 12.2. The Hall–Kier alpha value is -1.66. The normalized spacial score (nSPS) is 11.9. The fraction of sp³-hybridized carbons (Fsp3) is 0.125. The third-order valence-electron chi connectivity index (χ3n) is 3.31. The molecule has 23 heavy (non-hydrogen) atoms.